The fraction of sp³-hybridized carbons (Fsp3) is 0.207. The maximum absolute atomic E-state index is 13.5. The number of aryl methyl sites for hydroxylation is 1. The van der Waals surface area contributed by atoms with Crippen molar-refractivity contribution in [1.82, 2.24) is 4.57 Å². The van der Waals surface area contributed by atoms with Crippen molar-refractivity contribution in [3.8, 4) is 62.6 Å². The monoisotopic (exact) mass is 954 g/mol. The predicted molar refractivity (Wildman–Crippen MR) is 144 cm³/mol. The topological polar surface area (TPSA) is 133 Å². The second-order valence-corrected chi connectivity index (χ2v) is 9.13. The summed E-state index contributed by atoms with van der Waals surface area (Å²) in [6, 6.07) is 9.66. The Morgan fingerprint density at radius 1 is 0.810 bits per heavy atom. The molecule has 6 rings (SSSR count). The number of hydrogen-bond acceptors (Lipinski definition) is 9. The average Bonchev–Trinajstić information content (AvgIpc) is 3.29. The van der Waals surface area contributed by atoms with E-state index in [4.69, 9.17) is 23.4 Å². The standard InChI is InChI=1S/C29H25NO9.3Pr/c1-35-20-9-13(5-6-17(20)31)23-24-16-11-21(36-2)18(32)12-19(16)39-29(34)26(24)30-8-7-14-15(25(23)30)10-22(37-3)28(38-4)27(14)33;;;/h5-6,9-12,31-33H,7-8H2,1-4H3;;;. The third-order valence-electron chi connectivity index (χ3n) is 7.27. The Bertz CT molecular complexity index is 1880. The summed E-state index contributed by atoms with van der Waals surface area (Å²) in [5.74, 6) is 0.746. The zero-order valence-corrected chi connectivity index (χ0v) is 34.5. The molecule has 3 N–H and O–H groups in total. The van der Waals surface area contributed by atoms with Gasteiger partial charge >= 0.3 is 5.63 Å². The fourth-order valence-corrected chi connectivity index (χ4v) is 5.55. The number of aromatic nitrogens is 1. The molecule has 0 unspecified atom stereocenters. The molecule has 0 bridgehead atoms. The molecule has 10 nitrogen and oxygen atoms in total. The number of hydrogen-bond donors (Lipinski definition) is 3. The first kappa shape index (κ1) is 35.6. The van der Waals surface area contributed by atoms with Crippen molar-refractivity contribution in [2.24, 2.45) is 0 Å². The molecule has 3 aromatic carbocycles. The summed E-state index contributed by atoms with van der Waals surface area (Å²) in [6.45, 7) is 0.364. The fourth-order valence-electron chi connectivity index (χ4n) is 5.55. The van der Waals surface area contributed by atoms with Gasteiger partial charge in [0.15, 0.2) is 34.5 Å². The molecule has 2 aromatic heterocycles. The van der Waals surface area contributed by atoms with Gasteiger partial charge in [-0.05, 0) is 36.2 Å². The predicted octanol–water partition coefficient (Wildman–Crippen LogP) is 4.79. The largest absolute Gasteiger partial charge is 0.504 e. The van der Waals surface area contributed by atoms with Gasteiger partial charge in [0.2, 0.25) is 5.75 Å². The van der Waals surface area contributed by atoms with Crippen LogP contribution in [0.1, 0.15) is 5.56 Å². The number of nitrogens with zero attached hydrogens (tertiary/aromatic N) is 1. The van der Waals surface area contributed by atoms with Gasteiger partial charge in [-0.3, -0.25) is 0 Å². The van der Waals surface area contributed by atoms with Gasteiger partial charge < -0.3 is 43.3 Å². The molecule has 209 valence electrons. The zero-order valence-electron chi connectivity index (χ0n) is 23.3. The van der Waals surface area contributed by atoms with Gasteiger partial charge in [0, 0.05) is 164 Å². The van der Waals surface area contributed by atoms with Gasteiger partial charge in [0.1, 0.15) is 11.1 Å². The molecule has 3 radical (unpaired) electrons. The minimum absolute atomic E-state index is 0. The SMILES string of the molecule is COc1cc(-c2c3n(c4c(=O)oc5cc(O)c(OC)cc5c24)CCc2c-3cc(OC)c(OC)c2O)ccc1O.[Pr].[Pr].[Pr]. The Labute approximate surface area is 340 Å². The number of benzene rings is 3. The van der Waals surface area contributed by atoms with E-state index in [2.05, 4.69) is 0 Å². The van der Waals surface area contributed by atoms with Crippen LogP contribution in [0.2, 0.25) is 0 Å². The molecule has 0 saturated heterocycles. The van der Waals surface area contributed by atoms with Gasteiger partial charge in [0.05, 0.1) is 34.1 Å². The molecule has 1 aliphatic rings. The van der Waals surface area contributed by atoms with Crippen LogP contribution in [0.25, 0.3) is 44.3 Å². The molecular weight excluding hydrogens is 929 g/mol. The van der Waals surface area contributed by atoms with E-state index in [1.165, 1.54) is 40.6 Å². The Morgan fingerprint density at radius 3 is 2.12 bits per heavy atom. The Kier molecular flexibility index (Phi) is 11.9. The van der Waals surface area contributed by atoms with E-state index in [9.17, 15) is 20.1 Å². The van der Waals surface area contributed by atoms with E-state index < -0.39 is 5.63 Å². The number of aromatic hydroxyl groups is 3. The second kappa shape index (κ2) is 14.0. The molecule has 42 heavy (non-hydrogen) atoms. The molecule has 0 atom stereocenters. The molecule has 0 aliphatic carbocycles. The van der Waals surface area contributed by atoms with Gasteiger partial charge in [-0.25, -0.2) is 4.79 Å². The van der Waals surface area contributed by atoms with Crippen LogP contribution in [-0.4, -0.2) is 48.3 Å². The molecule has 0 amide bonds. The van der Waals surface area contributed by atoms with Crippen LogP contribution in [0.4, 0.5) is 0 Å². The third-order valence-corrected chi connectivity index (χ3v) is 7.27. The molecule has 5 aromatic rings. The van der Waals surface area contributed by atoms with E-state index in [1.807, 2.05) is 4.57 Å². The average molecular weight is 954 g/mol. The van der Waals surface area contributed by atoms with Crippen molar-refractivity contribution < 1.29 is 163 Å². The molecule has 0 spiro atoms. The van der Waals surface area contributed by atoms with Gasteiger partial charge in [-0.1, -0.05) is 6.07 Å². The summed E-state index contributed by atoms with van der Waals surface area (Å²) in [7, 11) is 5.83. The van der Waals surface area contributed by atoms with Crippen LogP contribution < -0.4 is 24.6 Å². The Balaban J connectivity index is 0.00000161. The first-order valence-electron chi connectivity index (χ1n) is 12.1. The van der Waals surface area contributed by atoms with E-state index >= 15 is 0 Å². The molecular formula is C29H25NO9Pr3. The van der Waals surface area contributed by atoms with E-state index in [0.29, 0.717) is 63.0 Å². The van der Waals surface area contributed by atoms with Crippen molar-refractivity contribution in [1.29, 1.82) is 0 Å². The van der Waals surface area contributed by atoms with Crippen LogP contribution >= 0.6 is 0 Å². The number of phenols is 3. The summed E-state index contributed by atoms with van der Waals surface area (Å²) in [5, 5.41) is 33.0. The van der Waals surface area contributed by atoms with Crippen molar-refractivity contribution >= 4 is 21.9 Å². The minimum Gasteiger partial charge on any atom is -0.504 e. The molecule has 3 heterocycles. The van der Waals surface area contributed by atoms with Gasteiger partial charge in [0.25, 0.3) is 0 Å². The maximum atomic E-state index is 13.5. The van der Waals surface area contributed by atoms with Crippen molar-refractivity contribution in [3.63, 3.8) is 0 Å². The number of fused-ring (bicyclic) bond motifs is 7. The summed E-state index contributed by atoms with van der Waals surface area (Å²) in [5.41, 5.74) is 3.11. The molecule has 13 heteroatoms. The van der Waals surface area contributed by atoms with E-state index in [-0.39, 0.29) is 164 Å². The van der Waals surface area contributed by atoms with Crippen molar-refractivity contribution in [3.05, 3.63) is 52.4 Å². The molecule has 0 saturated carbocycles. The number of methoxy groups -OCH3 is 4. The van der Waals surface area contributed by atoms with Crippen LogP contribution in [0.3, 0.4) is 0 Å². The van der Waals surface area contributed by atoms with E-state index in [0.717, 1.165) is 0 Å². The van der Waals surface area contributed by atoms with Gasteiger partial charge in [-0.2, -0.15) is 0 Å². The summed E-state index contributed by atoms with van der Waals surface area (Å²) < 4.78 is 29.3. The summed E-state index contributed by atoms with van der Waals surface area (Å²) in [6.07, 6.45) is 0.410. The van der Waals surface area contributed by atoms with Crippen molar-refractivity contribution in [2.45, 2.75) is 13.0 Å². The minimum atomic E-state index is -0.589. The van der Waals surface area contributed by atoms with Crippen molar-refractivity contribution in [2.75, 3.05) is 28.4 Å². The second-order valence-electron chi connectivity index (χ2n) is 9.13. The Hall–Kier alpha value is -0.899. The normalized spacial score (nSPS) is 11.4. The summed E-state index contributed by atoms with van der Waals surface area (Å²) >= 11 is 0. The number of ether oxygens (including phenoxy) is 4. The van der Waals surface area contributed by atoms with Crippen LogP contribution in [0.15, 0.2) is 45.6 Å². The molecule has 1 aliphatic heterocycles. The summed E-state index contributed by atoms with van der Waals surface area (Å²) in [4.78, 5) is 13.5. The third kappa shape index (κ3) is 5.55. The van der Waals surface area contributed by atoms with Crippen LogP contribution in [-0.2, 0) is 13.0 Å². The van der Waals surface area contributed by atoms with Crippen LogP contribution in [0, 0.1) is 124 Å². The maximum Gasteiger partial charge on any atom is 0.361 e. The Morgan fingerprint density at radius 2 is 1.48 bits per heavy atom. The first-order chi connectivity index (χ1) is 18.8. The zero-order chi connectivity index (χ0) is 27.6. The van der Waals surface area contributed by atoms with E-state index in [1.54, 1.807) is 24.3 Å². The molecule has 0 fully saturated rings. The quantitative estimate of drug-likeness (QED) is 0.213. The smallest absolute Gasteiger partial charge is 0.361 e. The number of phenolic OH excluding ortho intramolecular Hbond substituents is 3. The van der Waals surface area contributed by atoms with Crippen LogP contribution in [0.5, 0.6) is 40.2 Å². The first-order valence-corrected chi connectivity index (χ1v) is 12.1. The number of rotatable bonds is 5. The van der Waals surface area contributed by atoms with Gasteiger partial charge in [-0.15, -0.1) is 0 Å².